The zero-order chi connectivity index (χ0) is 10.8. The van der Waals surface area contributed by atoms with Crippen molar-refractivity contribution in [3.05, 3.63) is 45.7 Å². The van der Waals surface area contributed by atoms with Crippen LogP contribution in [0.3, 0.4) is 0 Å². The number of benzene rings is 1. The van der Waals surface area contributed by atoms with Crippen molar-refractivity contribution in [3.63, 3.8) is 0 Å². The van der Waals surface area contributed by atoms with Crippen LogP contribution in [-0.4, -0.2) is 11.1 Å². The molecule has 1 heterocycles. The topological polar surface area (TPSA) is 37.3 Å². The van der Waals surface area contributed by atoms with Crippen LogP contribution in [0.1, 0.15) is 10.4 Å². The maximum Gasteiger partial charge on any atom is 0.336 e. The van der Waals surface area contributed by atoms with E-state index in [0.717, 1.165) is 14.9 Å². The molecule has 2 nitrogen and oxygen atoms in total. The van der Waals surface area contributed by atoms with Crippen molar-refractivity contribution < 1.29 is 9.90 Å². The Morgan fingerprint density at radius 3 is 2.73 bits per heavy atom. The third kappa shape index (κ3) is 2.27. The van der Waals surface area contributed by atoms with Gasteiger partial charge in [0.15, 0.2) is 0 Å². The Morgan fingerprint density at radius 2 is 2.13 bits per heavy atom. The van der Waals surface area contributed by atoms with E-state index < -0.39 is 5.97 Å². The molecule has 0 unspecified atom stereocenters. The van der Waals surface area contributed by atoms with Crippen molar-refractivity contribution in [2.24, 2.45) is 0 Å². The van der Waals surface area contributed by atoms with Crippen LogP contribution >= 0.6 is 27.3 Å². The van der Waals surface area contributed by atoms with Gasteiger partial charge < -0.3 is 5.11 Å². The summed E-state index contributed by atoms with van der Waals surface area (Å²) in [5, 5.41) is 10.4. The Labute approximate surface area is 99.3 Å². The number of hydrogen-bond donors (Lipinski definition) is 1. The molecule has 0 saturated heterocycles. The minimum absolute atomic E-state index is 0.343. The Balaban J connectivity index is 2.41. The van der Waals surface area contributed by atoms with Crippen molar-refractivity contribution in [2.45, 2.75) is 0 Å². The lowest BCUT2D eigenvalue weighted by Gasteiger charge is -1.96. The summed E-state index contributed by atoms with van der Waals surface area (Å²) in [6, 6.07) is 9.49. The van der Waals surface area contributed by atoms with Gasteiger partial charge >= 0.3 is 5.97 Å². The highest BCUT2D eigenvalue weighted by molar-refractivity contribution is 9.10. The van der Waals surface area contributed by atoms with Gasteiger partial charge in [0.2, 0.25) is 0 Å². The summed E-state index contributed by atoms with van der Waals surface area (Å²) < 4.78 is 0.991. The molecule has 15 heavy (non-hydrogen) atoms. The van der Waals surface area contributed by atoms with Crippen LogP contribution in [0, 0.1) is 0 Å². The first-order valence-corrected chi connectivity index (χ1v) is 5.92. The monoisotopic (exact) mass is 282 g/mol. The lowest BCUT2D eigenvalue weighted by atomic mass is 10.2. The van der Waals surface area contributed by atoms with E-state index in [9.17, 15) is 4.79 Å². The lowest BCUT2D eigenvalue weighted by Crippen LogP contribution is -1.91. The fraction of sp³-hybridized carbons (Fsp3) is 0. The van der Waals surface area contributed by atoms with Gasteiger partial charge in [0.1, 0.15) is 0 Å². The van der Waals surface area contributed by atoms with Crippen LogP contribution in [0.2, 0.25) is 0 Å². The molecule has 1 N–H and O–H groups in total. The average molecular weight is 283 g/mol. The van der Waals surface area contributed by atoms with E-state index in [1.807, 2.05) is 24.3 Å². The molecule has 0 aliphatic heterocycles. The smallest absolute Gasteiger partial charge is 0.336 e. The Morgan fingerprint density at radius 1 is 1.33 bits per heavy atom. The minimum atomic E-state index is -0.882. The number of hydrogen-bond acceptors (Lipinski definition) is 2. The van der Waals surface area contributed by atoms with Gasteiger partial charge in [-0.3, -0.25) is 0 Å². The second kappa shape index (κ2) is 4.16. The largest absolute Gasteiger partial charge is 0.478 e. The third-order valence-corrected chi connectivity index (χ3v) is 3.43. The normalized spacial score (nSPS) is 10.2. The summed E-state index contributed by atoms with van der Waals surface area (Å²) in [6.07, 6.45) is 0. The predicted octanol–water partition coefficient (Wildman–Crippen LogP) is 3.88. The van der Waals surface area contributed by atoms with Crippen LogP contribution in [0.5, 0.6) is 0 Å². The molecule has 0 spiro atoms. The van der Waals surface area contributed by atoms with Crippen molar-refractivity contribution in [3.8, 4) is 10.4 Å². The van der Waals surface area contributed by atoms with E-state index in [-0.39, 0.29) is 0 Å². The van der Waals surface area contributed by atoms with Gasteiger partial charge in [-0.25, -0.2) is 4.79 Å². The van der Waals surface area contributed by atoms with E-state index in [2.05, 4.69) is 15.9 Å². The van der Waals surface area contributed by atoms with E-state index in [1.165, 1.54) is 11.3 Å². The van der Waals surface area contributed by atoms with Crippen LogP contribution in [0.25, 0.3) is 10.4 Å². The van der Waals surface area contributed by atoms with Crippen molar-refractivity contribution in [2.75, 3.05) is 0 Å². The predicted molar refractivity (Wildman–Crippen MR) is 64.4 cm³/mol. The lowest BCUT2D eigenvalue weighted by molar-refractivity contribution is 0.0697. The van der Waals surface area contributed by atoms with Crippen LogP contribution in [-0.2, 0) is 0 Å². The van der Waals surface area contributed by atoms with Gasteiger partial charge in [0.05, 0.1) is 5.56 Å². The van der Waals surface area contributed by atoms with Gasteiger partial charge in [-0.05, 0) is 23.8 Å². The molecule has 0 atom stereocenters. The molecule has 4 heteroatoms. The van der Waals surface area contributed by atoms with E-state index in [0.29, 0.717) is 5.56 Å². The first-order chi connectivity index (χ1) is 7.16. The number of carboxylic acid groups (broad SMARTS) is 1. The molecule has 76 valence electrons. The Kier molecular flexibility index (Phi) is 2.88. The zero-order valence-electron chi connectivity index (χ0n) is 7.61. The molecular formula is C11H7BrO2S. The molecule has 1 aromatic heterocycles. The molecule has 2 rings (SSSR count). The van der Waals surface area contributed by atoms with E-state index in [4.69, 9.17) is 5.11 Å². The maximum absolute atomic E-state index is 10.7. The number of rotatable bonds is 2. The van der Waals surface area contributed by atoms with Crippen molar-refractivity contribution >= 4 is 33.2 Å². The molecule has 0 aliphatic rings. The second-order valence-corrected chi connectivity index (χ2v) is 4.84. The summed E-state index contributed by atoms with van der Waals surface area (Å²) in [5.74, 6) is -0.882. The Hall–Kier alpha value is -1.13. The fourth-order valence-electron chi connectivity index (χ4n) is 1.24. The maximum atomic E-state index is 10.7. The molecule has 1 aromatic carbocycles. The van der Waals surface area contributed by atoms with Crippen molar-refractivity contribution in [1.82, 2.24) is 0 Å². The highest BCUT2D eigenvalue weighted by Crippen LogP contribution is 2.28. The Bertz CT molecular complexity index is 505. The summed E-state index contributed by atoms with van der Waals surface area (Å²) in [4.78, 5) is 11.7. The molecule has 0 fully saturated rings. The average Bonchev–Trinajstić information content (AvgIpc) is 2.66. The van der Waals surface area contributed by atoms with Gasteiger partial charge in [0.25, 0.3) is 0 Å². The van der Waals surface area contributed by atoms with Crippen molar-refractivity contribution in [1.29, 1.82) is 0 Å². The first-order valence-electron chi connectivity index (χ1n) is 4.24. The summed E-state index contributed by atoms with van der Waals surface area (Å²) in [7, 11) is 0. The van der Waals surface area contributed by atoms with Crippen LogP contribution in [0.4, 0.5) is 0 Å². The number of aromatic carboxylic acids is 1. The van der Waals surface area contributed by atoms with E-state index in [1.54, 1.807) is 11.4 Å². The number of carboxylic acids is 1. The second-order valence-electron chi connectivity index (χ2n) is 3.02. The van der Waals surface area contributed by atoms with Gasteiger partial charge in [-0.2, -0.15) is 0 Å². The molecule has 0 radical (unpaired) electrons. The van der Waals surface area contributed by atoms with Gasteiger partial charge in [-0.1, -0.05) is 28.1 Å². The van der Waals surface area contributed by atoms with Crippen LogP contribution < -0.4 is 0 Å². The summed E-state index contributed by atoms with van der Waals surface area (Å²) in [5.41, 5.74) is 1.37. The molecule has 0 aliphatic carbocycles. The molecule has 2 aromatic rings. The van der Waals surface area contributed by atoms with E-state index >= 15 is 0 Å². The molecule has 0 amide bonds. The fourth-order valence-corrected chi connectivity index (χ4v) is 2.52. The number of halogens is 1. The van der Waals surface area contributed by atoms with Gasteiger partial charge in [-0.15, -0.1) is 11.3 Å². The minimum Gasteiger partial charge on any atom is -0.478 e. The first kappa shape index (κ1) is 10.4. The SMILES string of the molecule is O=C(O)c1csc(-c2cccc(Br)c2)c1. The highest BCUT2D eigenvalue weighted by Gasteiger charge is 2.07. The molecule has 0 saturated carbocycles. The van der Waals surface area contributed by atoms with Crippen LogP contribution in [0.15, 0.2) is 40.2 Å². The quantitative estimate of drug-likeness (QED) is 0.908. The summed E-state index contributed by atoms with van der Waals surface area (Å²) in [6.45, 7) is 0. The summed E-state index contributed by atoms with van der Waals surface area (Å²) >= 11 is 4.82. The molecule has 0 bridgehead atoms. The number of thiophene rings is 1. The zero-order valence-corrected chi connectivity index (χ0v) is 10.0. The van der Waals surface area contributed by atoms with Gasteiger partial charge in [0, 0.05) is 14.7 Å². The standard InChI is InChI=1S/C11H7BrO2S/c12-9-3-1-2-7(4-9)10-5-8(6-15-10)11(13)14/h1-6H,(H,13,14). The molecular weight excluding hydrogens is 276 g/mol. The highest BCUT2D eigenvalue weighted by atomic mass is 79.9. The number of carbonyl (C=O) groups is 1. The third-order valence-electron chi connectivity index (χ3n) is 1.96.